The Labute approximate surface area is 141 Å². The molecule has 1 fully saturated rings. The lowest BCUT2D eigenvalue weighted by Gasteiger charge is -2.17. The number of nitrogens with zero attached hydrogens (tertiary/aromatic N) is 3. The van der Waals surface area contributed by atoms with Crippen LogP contribution in [-0.4, -0.2) is 46.6 Å². The molecule has 1 aliphatic rings. The van der Waals surface area contributed by atoms with Crippen LogP contribution in [0.3, 0.4) is 0 Å². The zero-order valence-corrected chi connectivity index (χ0v) is 13.6. The van der Waals surface area contributed by atoms with Crippen molar-refractivity contribution < 1.29 is 9.53 Å². The maximum absolute atomic E-state index is 12.2. The van der Waals surface area contributed by atoms with E-state index >= 15 is 0 Å². The maximum Gasteiger partial charge on any atom is 0.317 e. The second kappa shape index (κ2) is 8.29. The minimum absolute atomic E-state index is 0.0169. The van der Waals surface area contributed by atoms with Crippen LogP contribution in [0.15, 0.2) is 48.9 Å². The quantitative estimate of drug-likeness (QED) is 0.827. The summed E-state index contributed by atoms with van der Waals surface area (Å²) in [6.07, 6.45) is 7.50. The van der Waals surface area contributed by atoms with Crippen LogP contribution >= 0.6 is 0 Å². The summed E-state index contributed by atoms with van der Waals surface area (Å²) < 4.78 is 5.74. The molecule has 0 bridgehead atoms. The SMILES string of the molecule is O=C(NCCCc1ccccc1)N1CCC(Oc2cnccn2)C1. The van der Waals surface area contributed by atoms with Gasteiger partial charge < -0.3 is 15.0 Å². The summed E-state index contributed by atoms with van der Waals surface area (Å²) >= 11 is 0. The Morgan fingerprint density at radius 2 is 2.17 bits per heavy atom. The summed E-state index contributed by atoms with van der Waals surface area (Å²) in [7, 11) is 0. The molecule has 0 radical (unpaired) electrons. The summed E-state index contributed by atoms with van der Waals surface area (Å²) in [4.78, 5) is 22.1. The van der Waals surface area contributed by atoms with E-state index in [1.165, 1.54) is 5.56 Å². The average Bonchev–Trinajstić information content (AvgIpc) is 3.09. The van der Waals surface area contributed by atoms with Gasteiger partial charge in [-0.2, -0.15) is 0 Å². The predicted octanol–water partition coefficient (Wildman–Crippen LogP) is 2.27. The summed E-state index contributed by atoms with van der Waals surface area (Å²) in [5.74, 6) is 0.507. The monoisotopic (exact) mass is 326 g/mol. The Bertz CT molecular complexity index is 636. The molecule has 1 unspecified atom stereocenters. The number of carbonyl (C=O) groups excluding carboxylic acids is 1. The van der Waals surface area contributed by atoms with Crippen LogP contribution in [0, 0.1) is 0 Å². The first-order valence-electron chi connectivity index (χ1n) is 8.30. The van der Waals surface area contributed by atoms with Crippen LogP contribution in [-0.2, 0) is 6.42 Å². The lowest BCUT2D eigenvalue weighted by molar-refractivity contribution is 0.182. The van der Waals surface area contributed by atoms with Crippen LogP contribution in [0.25, 0.3) is 0 Å². The van der Waals surface area contributed by atoms with Gasteiger partial charge in [0.25, 0.3) is 0 Å². The van der Waals surface area contributed by atoms with Crippen molar-refractivity contribution in [3.63, 3.8) is 0 Å². The molecule has 1 aromatic carbocycles. The predicted molar refractivity (Wildman–Crippen MR) is 90.8 cm³/mol. The minimum Gasteiger partial charge on any atom is -0.471 e. The van der Waals surface area contributed by atoms with Crippen molar-refractivity contribution >= 4 is 6.03 Å². The van der Waals surface area contributed by atoms with Gasteiger partial charge in [0.05, 0.1) is 12.7 Å². The molecule has 2 amide bonds. The second-order valence-corrected chi connectivity index (χ2v) is 5.84. The maximum atomic E-state index is 12.2. The molecule has 1 N–H and O–H groups in total. The molecule has 6 heteroatoms. The molecule has 3 rings (SSSR count). The highest BCUT2D eigenvalue weighted by Gasteiger charge is 2.27. The van der Waals surface area contributed by atoms with Gasteiger partial charge in [-0.3, -0.25) is 4.98 Å². The molecule has 1 aromatic heterocycles. The van der Waals surface area contributed by atoms with Gasteiger partial charge in [0.15, 0.2) is 0 Å². The van der Waals surface area contributed by atoms with E-state index in [2.05, 4.69) is 27.4 Å². The molecule has 2 aromatic rings. The zero-order chi connectivity index (χ0) is 16.6. The van der Waals surface area contributed by atoms with Crippen molar-refractivity contribution in [2.45, 2.75) is 25.4 Å². The highest BCUT2D eigenvalue weighted by Crippen LogP contribution is 2.15. The van der Waals surface area contributed by atoms with Gasteiger partial charge in [0.1, 0.15) is 6.10 Å². The van der Waals surface area contributed by atoms with Crippen LogP contribution in [0.1, 0.15) is 18.4 Å². The first-order valence-corrected chi connectivity index (χ1v) is 8.30. The molecule has 0 aliphatic carbocycles. The molecule has 24 heavy (non-hydrogen) atoms. The minimum atomic E-state index is -0.0201. The number of amides is 2. The number of rotatable bonds is 6. The zero-order valence-electron chi connectivity index (χ0n) is 13.6. The first-order chi connectivity index (χ1) is 11.8. The Balaban J connectivity index is 1.35. The topological polar surface area (TPSA) is 67.4 Å². The fourth-order valence-electron chi connectivity index (χ4n) is 2.77. The van der Waals surface area contributed by atoms with Crippen molar-refractivity contribution in [2.24, 2.45) is 0 Å². The lowest BCUT2D eigenvalue weighted by Crippen LogP contribution is -2.39. The fraction of sp³-hybridized carbons (Fsp3) is 0.389. The average molecular weight is 326 g/mol. The number of urea groups is 1. The van der Waals surface area contributed by atoms with E-state index in [1.807, 2.05) is 18.2 Å². The Morgan fingerprint density at radius 1 is 1.29 bits per heavy atom. The van der Waals surface area contributed by atoms with Crippen molar-refractivity contribution in [3.8, 4) is 5.88 Å². The standard InChI is InChI=1S/C18H22N4O2/c23-18(21-9-4-7-15-5-2-1-3-6-15)22-12-8-16(14-22)24-17-13-19-10-11-20-17/h1-3,5-6,10-11,13,16H,4,7-9,12,14H2,(H,21,23). The van der Waals surface area contributed by atoms with Crippen LogP contribution in [0.2, 0.25) is 0 Å². The van der Waals surface area contributed by atoms with E-state index in [0.717, 1.165) is 19.3 Å². The lowest BCUT2D eigenvalue weighted by atomic mass is 10.1. The van der Waals surface area contributed by atoms with Crippen molar-refractivity contribution in [1.82, 2.24) is 20.2 Å². The molecular weight excluding hydrogens is 304 g/mol. The number of aromatic nitrogens is 2. The number of hydrogen-bond acceptors (Lipinski definition) is 4. The smallest absolute Gasteiger partial charge is 0.317 e. The first kappa shape index (κ1) is 16.2. The number of aryl methyl sites for hydroxylation is 1. The molecule has 1 aliphatic heterocycles. The van der Waals surface area contributed by atoms with Gasteiger partial charge in [-0.25, -0.2) is 9.78 Å². The fourth-order valence-corrected chi connectivity index (χ4v) is 2.77. The van der Waals surface area contributed by atoms with Crippen LogP contribution < -0.4 is 10.1 Å². The second-order valence-electron chi connectivity index (χ2n) is 5.84. The van der Waals surface area contributed by atoms with E-state index in [-0.39, 0.29) is 12.1 Å². The van der Waals surface area contributed by atoms with Gasteiger partial charge in [-0.1, -0.05) is 30.3 Å². The van der Waals surface area contributed by atoms with Crippen LogP contribution in [0.5, 0.6) is 5.88 Å². The van der Waals surface area contributed by atoms with E-state index in [0.29, 0.717) is 25.5 Å². The van der Waals surface area contributed by atoms with E-state index in [9.17, 15) is 4.79 Å². The Morgan fingerprint density at radius 3 is 2.96 bits per heavy atom. The van der Waals surface area contributed by atoms with Crippen molar-refractivity contribution in [3.05, 3.63) is 54.5 Å². The number of nitrogens with one attached hydrogen (secondary N) is 1. The molecule has 126 valence electrons. The third-order valence-electron chi connectivity index (χ3n) is 4.02. The number of likely N-dealkylation sites (tertiary alicyclic amines) is 1. The summed E-state index contributed by atoms with van der Waals surface area (Å²) in [6.45, 7) is 1.97. The van der Waals surface area contributed by atoms with E-state index < -0.39 is 0 Å². The molecular formula is C18H22N4O2. The molecule has 1 atom stereocenters. The Kier molecular flexibility index (Phi) is 5.61. The van der Waals surface area contributed by atoms with Gasteiger partial charge in [0.2, 0.25) is 5.88 Å². The number of benzene rings is 1. The highest BCUT2D eigenvalue weighted by molar-refractivity contribution is 5.74. The van der Waals surface area contributed by atoms with Crippen molar-refractivity contribution in [1.29, 1.82) is 0 Å². The summed E-state index contributed by atoms with van der Waals surface area (Å²) in [5, 5.41) is 2.98. The largest absolute Gasteiger partial charge is 0.471 e. The summed E-state index contributed by atoms with van der Waals surface area (Å²) in [5.41, 5.74) is 1.30. The van der Waals surface area contributed by atoms with Gasteiger partial charge in [-0.05, 0) is 18.4 Å². The highest BCUT2D eigenvalue weighted by atomic mass is 16.5. The molecule has 2 heterocycles. The number of hydrogen-bond donors (Lipinski definition) is 1. The van der Waals surface area contributed by atoms with Gasteiger partial charge in [-0.15, -0.1) is 0 Å². The summed E-state index contributed by atoms with van der Waals surface area (Å²) in [6, 6.07) is 10.3. The number of carbonyl (C=O) groups is 1. The molecule has 6 nitrogen and oxygen atoms in total. The van der Waals surface area contributed by atoms with Crippen LogP contribution in [0.4, 0.5) is 4.79 Å². The van der Waals surface area contributed by atoms with E-state index in [4.69, 9.17) is 4.74 Å². The number of ether oxygens (including phenoxy) is 1. The third kappa shape index (κ3) is 4.68. The molecule has 1 saturated heterocycles. The van der Waals surface area contributed by atoms with Crippen molar-refractivity contribution in [2.75, 3.05) is 19.6 Å². The third-order valence-corrected chi connectivity index (χ3v) is 4.02. The van der Waals surface area contributed by atoms with Gasteiger partial charge in [0, 0.05) is 31.9 Å². The van der Waals surface area contributed by atoms with Gasteiger partial charge >= 0.3 is 6.03 Å². The Hall–Kier alpha value is -2.63. The molecule has 0 spiro atoms. The normalized spacial score (nSPS) is 16.8. The van der Waals surface area contributed by atoms with E-state index in [1.54, 1.807) is 23.5 Å². The molecule has 0 saturated carbocycles.